The van der Waals surface area contributed by atoms with Crippen LogP contribution in [0, 0.1) is 5.92 Å². The number of rotatable bonds is 5. The Labute approximate surface area is 151 Å². The molecule has 5 heteroatoms. The zero-order valence-electron chi connectivity index (χ0n) is 13.8. The van der Waals surface area contributed by atoms with E-state index in [-0.39, 0.29) is 5.75 Å². The number of benzene rings is 2. The molecule has 2 aromatic carbocycles. The second kappa shape index (κ2) is 7.11. The summed E-state index contributed by atoms with van der Waals surface area (Å²) >= 11 is 6.43. The summed E-state index contributed by atoms with van der Waals surface area (Å²) in [6.07, 6.45) is 2.15. The van der Waals surface area contributed by atoms with Crippen molar-refractivity contribution < 1.29 is 9.90 Å². The van der Waals surface area contributed by atoms with Gasteiger partial charge in [-0.3, -0.25) is 9.78 Å². The summed E-state index contributed by atoms with van der Waals surface area (Å²) in [5.41, 5.74) is 7.54. The van der Waals surface area contributed by atoms with Crippen LogP contribution in [0.2, 0.25) is 5.02 Å². The summed E-state index contributed by atoms with van der Waals surface area (Å²) in [7, 11) is 0. The van der Waals surface area contributed by atoms with Gasteiger partial charge in [0, 0.05) is 29.0 Å². The zero-order valence-corrected chi connectivity index (χ0v) is 14.6. The molecular weight excluding hydrogens is 336 g/mol. The molecule has 128 valence electrons. The fraction of sp³-hybridized carbons (Fsp3) is 0.200. The van der Waals surface area contributed by atoms with E-state index in [0.717, 1.165) is 5.56 Å². The van der Waals surface area contributed by atoms with E-state index in [9.17, 15) is 9.90 Å². The molecule has 0 saturated heterocycles. The van der Waals surface area contributed by atoms with Crippen LogP contribution in [0.1, 0.15) is 30.4 Å². The molecule has 1 amide bonds. The van der Waals surface area contributed by atoms with Crippen molar-refractivity contribution in [3.63, 3.8) is 0 Å². The minimum Gasteiger partial charge on any atom is -0.505 e. The minimum absolute atomic E-state index is 0.0357. The molecule has 25 heavy (non-hydrogen) atoms. The Morgan fingerprint density at radius 2 is 1.96 bits per heavy atom. The number of carbonyl (C=O) groups is 1. The molecule has 1 aromatic heterocycles. The zero-order chi connectivity index (χ0) is 18.0. The van der Waals surface area contributed by atoms with Crippen molar-refractivity contribution in [3.8, 4) is 5.75 Å². The molecule has 0 saturated carbocycles. The highest BCUT2D eigenvalue weighted by Gasteiger charge is 2.31. The summed E-state index contributed by atoms with van der Waals surface area (Å²) in [5, 5.41) is 12.0. The van der Waals surface area contributed by atoms with Crippen LogP contribution in [0.4, 0.5) is 0 Å². The molecular formula is C20H19ClN2O2. The molecule has 3 N–H and O–H groups in total. The lowest BCUT2D eigenvalue weighted by Crippen LogP contribution is -2.29. The van der Waals surface area contributed by atoms with Crippen molar-refractivity contribution in [3.05, 3.63) is 70.9 Å². The van der Waals surface area contributed by atoms with Gasteiger partial charge in [-0.15, -0.1) is 0 Å². The monoisotopic (exact) mass is 354 g/mol. The lowest BCUT2D eigenvalue weighted by molar-refractivity contribution is -0.122. The van der Waals surface area contributed by atoms with Crippen LogP contribution in [0.25, 0.3) is 10.9 Å². The number of halogens is 1. The fourth-order valence-electron chi connectivity index (χ4n) is 3.33. The van der Waals surface area contributed by atoms with Gasteiger partial charge in [0.2, 0.25) is 5.91 Å². The summed E-state index contributed by atoms with van der Waals surface area (Å²) in [4.78, 5) is 16.3. The number of aromatic hydroxyl groups is 1. The SMILES string of the molecule is CCC(C(N)=O)C(c1ccccc1)c1cc(Cl)c2cccnc2c1O. The Morgan fingerprint density at radius 1 is 1.24 bits per heavy atom. The van der Waals surface area contributed by atoms with Crippen LogP contribution in [0.5, 0.6) is 5.75 Å². The summed E-state index contributed by atoms with van der Waals surface area (Å²) < 4.78 is 0. The number of fused-ring (bicyclic) bond motifs is 1. The van der Waals surface area contributed by atoms with Crippen LogP contribution in [0.15, 0.2) is 54.7 Å². The predicted molar refractivity (Wildman–Crippen MR) is 99.7 cm³/mol. The van der Waals surface area contributed by atoms with Crippen molar-refractivity contribution in [1.82, 2.24) is 4.98 Å². The average molecular weight is 355 g/mol. The third-order valence-electron chi connectivity index (χ3n) is 4.55. The maximum atomic E-state index is 12.1. The Morgan fingerprint density at radius 3 is 2.60 bits per heavy atom. The number of primary amides is 1. The number of hydrogen-bond acceptors (Lipinski definition) is 3. The highest BCUT2D eigenvalue weighted by Crippen LogP contribution is 2.43. The fourth-order valence-corrected chi connectivity index (χ4v) is 3.60. The molecule has 0 fully saturated rings. The van der Waals surface area contributed by atoms with Gasteiger partial charge in [-0.1, -0.05) is 48.9 Å². The number of phenolic OH excluding ortho intramolecular Hbond substituents is 1. The average Bonchev–Trinajstić information content (AvgIpc) is 2.63. The van der Waals surface area contributed by atoms with E-state index in [1.54, 1.807) is 24.4 Å². The second-order valence-electron chi connectivity index (χ2n) is 6.00. The first-order valence-corrected chi connectivity index (χ1v) is 8.52. The number of aromatic nitrogens is 1. The van der Waals surface area contributed by atoms with E-state index in [0.29, 0.717) is 27.9 Å². The number of hydrogen-bond donors (Lipinski definition) is 2. The van der Waals surface area contributed by atoms with E-state index in [4.69, 9.17) is 17.3 Å². The van der Waals surface area contributed by atoms with Crippen molar-refractivity contribution in [1.29, 1.82) is 0 Å². The van der Waals surface area contributed by atoms with Crippen LogP contribution < -0.4 is 5.73 Å². The van der Waals surface area contributed by atoms with E-state index in [2.05, 4.69) is 4.98 Å². The maximum absolute atomic E-state index is 12.1. The highest BCUT2D eigenvalue weighted by molar-refractivity contribution is 6.35. The largest absolute Gasteiger partial charge is 0.505 e. The van der Waals surface area contributed by atoms with Gasteiger partial charge in [-0.25, -0.2) is 0 Å². The van der Waals surface area contributed by atoms with E-state index >= 15 is 0 Å². The molecule has 0 radical (unpaired) electrons. The maximum Gasteiger partial charge on any atom is 0.221 e. The third-order valence-corrected chi connectivity index (χ3v) is 4.86. The number of phenols is 1. The number of pyridine rings is 1. The first-order valence-electron chi connectivity index (χ1n) is 8.15. The topological polar surface area (TPSA) is 76.2 Å². The third kappa shape index (κ3) is 3.17. The Hall–Kier alpha value is -2.59. The lowest BCUT2D eigenvalue weighted by Gasteiger charge is -2.26. The summed E-state index contributed by atoms with van der Waals surface area (Å²) in [6.45, 7) is 1.91. The van der Waals surface area contributed by atoms with E-state index in [1.807, 2.05) is 37.3 Å². The van der Waals surface area contributed by atoms with Crippen molar-refractivity contribution in [2.24, 2.45) is 11.7 Å². The highest BCUT2D eigenvalue weighted by atomic mass is 35.5. The van der Waals surface area contributed by atoms with Crippen molar-refractivity contribution >= 4 is 28.4 Å². The quantitative estimate of drug-likeness (QED) is 0.719. The molecule has 3 rings (SSSR count). The standard InChI is InChI=1S/C20H19ClN2O2/c1-2-13(20(22)25)17(12-7-4-3-5-8-12)15-11-16(21)14-9-6-10-23-18(14)19(15)24/h3-11,13,17,24H,2H2,1H3,(H2,22,25). The summed E-state index contributed by atoms with van der Waals surface area (Å²) in [6, 6.07) is 14.8. The molecule has 0 aliphatic rings. The van der Waals surface area contributed by atoms with Crippen LogP contribution in [-0.4, -0.2) is 16.0 Å². The molecule has 0 spiro atoms. The molecule has 0 aliphatic carbocycles. The van der Waals surface area contributed by atoms with Crippen molar-refractivity contribution in [2.75, 3.05) is 0 Å². The van der Waals surface area contributed by atoms with Gasteiger partial charge in [0.25, 0.3) is 0 Å². The molecule has 4 nitrogen and oxygen atoms in total. The Balaban J connectivity index is 2.28. The van der Waals surface area contributed by atoms with Crippen LogP contribution in [-0.2, 0) is 4.79 Å². The minimum atomic E-state index is -0.467. The van der Waals surface area contributed by atoms with Gasteiger partial charge < -0.3 is 10.8 Å². The number of carbonyl (C=O) groups excluding carboxylic acids is 1. The molecule has 0 bridgehead atoms. The lowest BCUT2D eigenvalue weighted by atomic mass is 9.78. The van der Waals surface area contributed by atoms with Gasteiger partial charge in [0.05, 0.1) is 5.02 Å². The first kappa shape index (κ1) is 17.2. The predicted octanol–water partition coefficient (Wildman–Crippen LogP) is 4.24. The number of amides is 1. The molecule has 2 atom stereocenters. The molecule has 2 unspecified atom stereocenters. The normalized spacial score (nSPS) is 13.5. The van der Waals surface area contributed by atoms with Gasteiger partial charge >= 0.3 is 0 Å². The number of nitrogens with two attached hydrogens (primary N) is 1. The van der Waals surface area contributed by atoms with Gasteiger partial charge in [-0.05, 0) is 30.2 Å². The molecule has 1 heterocycles. The van der Waals surface area contributed by atoms with E-state index < -0.39 is 17.7 Å². The second-order valence-corrected chi connectivity index (χ2v) is 6.41. The Kier molecular flexibility index (Phi) is 4.91. The molecule has 3 aromatic rings. The number of nitrogens with zero attached hydrogens (tertiary/aromatic N) is 1. The first-order chi connectivity index (χ1) is 12.0. The smallest absolute Gasteiger partial charge is 0.221 e. The van der Waals surface area contributed by atoms with Gasteiger partial charge in [0.15, 0.2) is 0 Å². The van der Waals surface area contributed by atoms with Crippen molar-refractivity contribution in [2.45, 2.75) is 19.3 Å². The van der Waals surface area contributed by atoms with Crippen LogP contribution in [0.3, 0.4) is 0 Å². The van der Waals surface area contributed by atoms with Gasteiger partial charge in [-0.2, -0.15) is 0 Å². The summed E-state index contributed by atoms with van der Waals surface area (Å²) in [5.74, 6) is -1.24. The van der Waals surface area contributed by atoms with Gasteiger partial charge in [0.1, 0.15) is 11.3 Å². The van der Waals surface area contributed by atoms with E-state index in [1.165, 1.54) is 0 Å². The van der Waals surface area contributed by atoms with Crippen LogP contribution >= 0.6 is 11.6 Å². The Bertz CT molecular complexity index is 912. The molecule has 0 aliphatic heterocycles.